The first-order chi connectivity index (χ1) is 31.4. The molecule has 0 amide bonds. The number of unbranched alkanes of at least 4 members (excludes halogenated alkanes) is 1. The first kappa shape index (κ1) is 43.3. The number of benzene rings is 4. The molecule has 330 valence electrons. The fourth-order valence-corrected chi connectivity index (χ4v) is 7.35. The van der Waals surface area contributed by atoms with E-state index in [1.165, 1.54) is 0 Å². The Bertz CT molecular complexity index is 2480. The van der Waals surface area contributed by atoms with E-state index in [1.807, 2.05) is 125 Å². The van der Waals surface area contributed by atoms with Gasteiger partial charge in [-0.25, -0.2) is 10.9 Å². The normalized spacial score (nSPS) is 18.4. The van der Waals surface area contributed by atoms with Gasteiger partial charge in [0.1, 0.15) is 23.0 Å². The van der Waals surface area contributed by atoms with Crippen molar-refractivity contribution in [1.82, 2.24) is 29.7 Å². The van der Waals surface area contributed by atoms with Gasteiger partial charge in [0.2, 0.25) is 0 Å². The van der Waals surface area contributed by atoms with Crippen molar-refractivity contribution in [3.63, 3.8) is 0 Å². The minimum atomic E-state index is 0.381. The predicted octanol–water partition coefficient (Wildman–Crippen LogP) is 8.75. The summed E-state index contributed by atoms with van der Waals surface area (Å²) in [5, 5.41) is 37.8. The van der Waals surface area contributed by atoms with Gasteiger partial charge in [0.25, 0.3) is 11.9 Å². The van der Waals surface area contributed by atoms with Gasteiger partial charge < -0.3 is 18.9 Å². The van der Waals surface area contributed by atoms with Gasteiger partial charge in [0, 0.05) is 35.1 Å². The van der Waals surface area contributed by atoms with Crippen LogP contribution in [0.3, 0.4) is 0 Å². The van der Waals surface area contributed by atoms with Crippen LogP contribution in [0.1, 0.15) is 100 Å². The molecular weight excluding hydrogens is 809 g/mol. The lowest BCUT2D eigenvalue weighted by Gasteiger charge is -2.13. The number of hydrogen-bond acceptors (Lipinski definition) is 14. The first-order valence-corrected chi connectivity index (χ1v) is 21.9. The largest absolute Gasteiger partial charge is 0.493 e. The topological polar surface area (TPSA) is 172 Å². The molecule has 2 aliphatic heterocycles. The van der Waals surface area contributed by atoms with Crippen LogP contribution in [-0.4, -0.2) is 79.0 Å². The number of nitrogens with one attached hydrogen (secondary N) is 2. The number of rotatable bonds is 5. The molecule has 2 N–H and O–H groups in total. The minimum Gasteiger partial charge on any atom is -0.493 e. The van der Waals surface area contributed by atoms with E-state index in [1.54, 1.807) is 9.35 Å². The summed E-state index contributed by atoms with van der Waals surface area (Å²) in [7, 11) is 0. The van der Waals surface area contributed by atoms with Gasteiger partial charge in [-0.2, -0.15) is 29.8 Å². The zero-order valence-electron chi connectivity index (χ0n) is 36.8. The Morgan fingerprint density at radius 2 is 0.734 bits per heavy atom. The van der Waals surface area contributed by atoms with E-state index in [2.05, 4.69) is 31.2 Å². The molecule has 0 aliphatic carbocycles. The minimum absolute atomic E-state index is 0.381. The molecule has 2 aliphatic rings. The molecule has 0 saturated carbocycles. The van der Waals surface area contributed by atoms with Crippen LogP contribution in [0.25, 0.3) is 0 Å². The van der Waals surface area contributed by atoms with E-state index in [0.29, 0.717) is 62.8 Å². The molecule has 2 aromatic heterocycles. The highest BCUT2D eigenvalue weighted by molar-refractivity contribution is 6.03. The molecule has 8 rings (SSSR count). The summed E-state index contributed by atoms with van der Waals surface area (Å²) >= 11 is 0. The monoisotopic (exact) mass is 862 g/mol. The van der Waals surface area contributed by atoms with E-state index in [0.717, 1.165) is 107 Å². The summed E-state index contributed by atoms with van der Waals surface area (Å²) in [5.74, 6) is 5.14. The zero-order chi connectivity index (χ0) is 44.1. The number of aromatic nitrogens is 6. The fourth-order valence-electron chi connectivity index (χ4n) is 7.35. The maximum absolute atomic E-state index is 6.27. The average Bonchev–Trinajstić information content (AvgIpc) is 3.89. The zero-order valence-corrected chi connectivity index (χ0v) is 36.8. The molecule has 16 nitrogen and oxygen atoms in total. The molecule has 0 bridgehead atoms. The van der Waals surface area contributed by atoms with E-state index in [4.69, 9.17) is 39.4 Å². The second kappa shape index (κ2) is 21.1. The molecule has 4 heterocycles. The number of fused-ring (bicyclic) bond motifs is 6. The van der Waals surface area contributed by atoms with Gasteiger partial charge in [0.15, 0.2) is 11.6 Å². The molecule has 0 spiro atoms. The van der Waals surface area contributed by atoms with Crippen LogP contribution < -0.4 is 29.8 Å². The van der Waals surface area contributed by atoms with E-state index in [9.17, 15) is 0 Å². The molecule has 6 aromatic rings. The maximum Gasteiger partial charge on any atom is 0.266 e. The van der Waals surface area contributed by atoms with Crippen molar-refractivity contribution in [3.8, 4) is 23.0 Å². The van der Waals surface area contributed by atoms with Crippen LogP contribution in [0, 0.1) is 0 Å². The lowest BCUT2D eigenvalue weighted by molar-refractivity contribution is 0.266. The molecule has 0 radical (unpaired) electrons. The average molecular weight is 863 g/mol. The smallest absolute Gasteiger partial charge is 0.266 e. The summed E-state index contributed by atoms with van der Waals surface area (Å²) in [6, 6.07) is 31.6. The standard InChI is InChI=1S/C48H54N12O4/c1-33-37-19-5-9-23-41(37)61-29-15-17-31-63-43-25-11-7-21-39(43)35(3)57-59-45(51-55-47(59)53-49-33)27-13-14-28-46-52-56-48-54-50-34(2)38-20-6-10-24-42(38)62-30-16-18-32-64-44-26-12-8-22-40(44)36(4)58-60(46)48/h5-12,19-26H,13-18,27-32H2,1-4H3,(H,53,55)(H,54,56)/b49-33+,50-34+,57-35+,58-36+. The highest BCUT2D eigenvalue weighted by Crippen LogP contribution is 2.25. The molecular formula is C48H54N12O4. The number of nitrogens with zero attached hydrogens (tertiary/aromatic N) is 10. The van der Waals surface area contributed by atoms with Crippen molar-refractivity contribution in [3.05, 3.63) is 131 Å². The highest BCUT2D eigenvalue weighted by Gasteiger charge is 2.18. The van der Waals surface area contributed by atoms with Gasteiger partial charge in [-0.3, -0.25) is 0 Å². The van der Waals surface area contributed by atoms with Gasteiger partial charge >= 0.3 is 0 Å². The second-order valence-corrected chi connectivity index (χ2v) is 15.5. The van der Waals surface area contributed by atoms with Crippen LogP contribution >= 0.6 is 0 Å². The Kier molecular flexibility index (Phi) is 14.3. The number of para-hydroxylation sites is 4. The molecule has 0 fully saturated rings. The molecule has 0 unspecified atom stereocenters. The first-order valence-electron chi connectivity index (χ1n) is 21.9. The molecule has 0 saturated heterocycles. The van der Waals surface area contributed by atoms with E-state index in [-0.39, 0.29) is 0 Å². The van der Waals surface area contributed by atoms with E-state index >= 15 is 0 Å². The summed E-state index contributed by atoms with van der Waals surface area (Å²) in [6.45, 7) is 10.0. The number of ether oxygens (including phenoxy) is 4. The number of aryl methyl sites for hydroxylation is 2. The predicted molar refractivity (Wildman–Crippen MR) is 250 cm³/mol. The molecule has 64 heavy (non-hydrogen) atoms. The Hall–Kier alpha value is -7.36. The van der Waals surface area contributed by atoms with Gasteiger partial charge in [-0.1, -0.05) is 48.5 Å². The van der Waals surface area contributed by atoms with Crippen LogP contribution in [0.4, 0.5) is 11.9 Å². The Morgan fingerprint density at radius 1 is 0.422 bits per heavy atom. The van der Waals surface area contributed by atoms with Crippen molar-refractivity contribution in [1.29, 1.82) is 0 Å². The third-order valence-electron chi connectivity index (χ3n) is 10.8. The second-order valence-electron chi connectivity index (χ2n) is 15.5. The highest BCUT2D eigenvalue weighted by atomic mass is 16.5. The third kappa shape index (κ3) is 10.6. The number of anilines is 2. The van der Waals surface area contributed by atoms with Crippen molar-refractivity contribution < 1.29 is 18.9 Å². The molecule has 16 heteroatoms. The van der Waals surface area contributed by atoms with Crippen molar-refractivity contribution in [2.75, 3.05) is 37.3 Å². The lowest BCUT2D eigenvalue weighted by Crippen LogP contribution is -2.10. The quantitative estimate of drug-likeness (QED) is 0.160. The number of hydrogen-bond donors (Lipinski definition) is 2. The van der Waals surface area contributed by atoms with Gasteiger partial charge in [-0.05, 0) is 115 Å². The third-order valence-corrected chi connectivity index (χ3v) is 10.8. The summed E-state index contributed by atoms with van der Waals surface area (Å²) in [4.78, 5) is 0. The van der Waals surface area contributed by atoms with Crippen LogP contribution in [0.15, 0.2) is 117 Å². The SMILES string of the molecule is C/C1=N\Nc2nnc(CCCCc3nnc4n3/N=C(\C)c3ccccc3OCCCCOc3ccccc3/C(C)=N/N4)n2/N=C(\C)c2ccccc2OCCCCOc2ccccc21. The summed E-state index contributed by atoms with van der Waals surface area (Å²) in [6.07, 6.45) is 5.97. The summed E-state index contributed by atoms with van der Waals surface area (Å²) in [5.41, 5.74) is 12.8. The van der Waals surface area contributed by atoms with Crippen LogP contribution in [0.2, 0.25) is 0 Å². The lowest BCUT2D eigenvalue weighted by atomic mass is 10.1. The van der Waals surface area contributed by atoms with Gasteiger partial charge in [-0.15, -0.1) is 20.4 Å². The Morgan fingerprint density at radius 3 is 1.08 bits per heavy atom. The molecule has 4 aromatic carbocycles. The van der Waals surface area contributed by atoms with Crippen molar-refractivity contribution >= 4 is 34.7 Å². The van der Waals surface area contributed by atoms with Crippen LogP contribution in [-0.2, 0) is 12.8 Å². The van der Waals surface area contributed by atoms with Gasteiger partial charge in [0.05, 0.1) is 49.3 Å². The maximum atomic E-state index is 6.27. The Labute approximate surface area is 373 Å². The van der Waals surface area contributed by atoms with Crippen LogP contribution in [0.5, 0.6) is 23.0 Å². The fraction of sp³-hybridized carbons (Fsp3) is 0.333. The molecule has 0 atom stereocenters. The Balaban J connectivity index is 1.06. The van der Waals surface area contributed by atoms with Crippen molar-refractivity contribution in [2.45, 2.75) is 79.1 Å². The van der Waals surface area contributed by atoms with E-state index < -0.39 is 0 Å². The van der Waals surface area contributed by atoms with Crippen molar-refractivity contribution in [2.24, 2.45) is 20.4 Å². The summed E-state index contributed by atoms with van der Waals surface area (Å²) < 4.78 is 28.4. The number of hydrazone groups is 2.